The first kappa shape index (κ1) is 20.1. The van der Waals surface area contributed by atoms with E-state index in [1.807, 2.05) is 27.7 Å². The van der Waals surface area contributed by atoms with Gasteiger partial charge in [0.2, 0.25) is 0 Å². The molecule has 5 nitrogen and oxygen atoms in total. The molecule has 0 spiro atoms. The third-order valence-electron chi connectivity index (χ3n) is 6.03. The van der Waals surface area contributed by atoms with Crippen LogP contribution in [0.3, 0.4) is 0 Å². The molecule has 0 aliphatic carbocycles. The molecule has 0 saturated carbocycles. The first-order valence-electron chi connectivity index (χ1n) is 10.2. The van der Waals surface area contributed by atoms with Crippen molar-refractivity contribution in [1.82, 2.24) is 4.90 Å². The Bertz CT molecular complexity index is 1110. The van der Waals surface area contributed by atoms with Crippen molar-refractivity contribution in [2.75, 3.05) is 4.90 Å². The van der Waals surface area contributed by atoms with Gasteiger partial charge in [0, 0.05) is 5.56 Å². The highest BCUT2D eigenvalue weighted by molar-refractivity contribution is 6.23. The van der Waals surface area contributed by atoms with E-state index in [9.17, 15) is 14.4 Å². The molecule has 4 rings (SSSR count). The summed E-state index contributed by atoms with van der Waals surface area (Å²) >= 11 is 0. The fourth-order valence-corrected chi connectivity index (χ4v) is 4.77. The maximum absolute atomic E-state index is 13.8. The molecule has 0 fully saturated rings. The molecule has 0 bridgehead atoms. The van der Waals surface area contributed by atoms with Crippen LogP contribution in [0.25, 0.3) is 5.57 Å². The van der Waals surface area contributed by atoms with Crippen molar-refractivity contribution in [3.8, 4) is 0 Å². The van der Waals surface area contributed by atoms with Crippen LogP contribution < -0.4 is 4.90 Å². The number of allylic oxidation sites excluding steroid dienone is 1. The number of nitrogens with zero attached hydrogens (tertiary/aromatic N) is 2. The van der Waals surface area contributed by atoms with E-state index in [-0.39, 0.29) is 5.91 Å². The van der Waals surface area contributed by atoms with Crippen LogP contribution in [0.1, 0.15) is 65.1 Å². The molecule has 154 valence electrons. The number of imide groups is 1. The lowest BCUT2D eigenvalue weighted by Crippen LogP contribution is -2.57. The molecule has 30 heavy (non-hydrogen) atoms. The van der Waals surface area contributed by atoms with Gasteiger partial charge in [-0.05, 0) is 70.9 Å². The van der Waals surface area contributed by atoms with Crippen LogP contribution in [0.4, 0.5) is 5.69 Å². The molecule has 0 N–H and O–H groups in total. The Morgan fingerprint density at radius 1 is 0.933 bits per heavy atom. The third kappa shape index (κ3) is 2.80. The summed E-state index contributed by atoms with van der Waals surface area (Å²) in [6, 6.07) is 9.93. The lowest BCUT2D eigenvalue weighted by atomic mass is 9.85. The summed E-state index contributed by atoms with van der Waals surface area (Å²) in [7, 11) is 0. The SMILES string of the molecule is CC1=CC(C)(C)N(C(=O)[C@@H](C)N2C(=O)c3ccccc3C2=O)c2c(C)cc(C)cc21. The average Bonchev–Trinajstić information content (AvgIpc) is 2.92. The molecule has 1 atom stereocenters. The van der Waals surface area contributed by atoms with E-state index >= 15 is 0 Å². The molecule has 2 aliphatic rings. The quantitative estimate of drug-likeness (QED) is 0.694. The third-order valence-corrected chi connectivity index (χ3v) is 6.03. The van der Waals surface area contributed by atoms with E-state index in [1.54, 1.807) is 36.1 Å². The zero-order valence-corrected chi connectivity index (χ0v) is 18.2. The molecule has 0 saturated heterocycles. The average molecular weight is 402 g/mol. The number of fused-ring (bicyclic) bond motifs is 2. The lowest BCUT2D eigenvalue weighted by molar-refractivity contribution is -0.122. The molecule has 0 radical (unpaired) electrons. The van der Waals surface area contributed by atoms with E-state index < -0.39 is 23.4 Å². The summed E-state index contributed by atoms with van der Waals surface area (Å²) in [6.07, 6.45) is 2.07. The smallest absolute Gasteiger partial charge is 0.262 e. The Labute approximate surface area is 177 Å². The first-order chi connectivity index (χ1) is 14.0. The van der Waals surface area contributed by atoms with Gasteiger partial charge in [0.15, 0.2) is 0 Å². The summed E-state index contributed by atoms with van der Waals surface area (Å²) < 4.78 is 0. The number of carbonyl (C=O) groups excluding carboxylic acids is 3. The minimum Gasteiger partial charge on any atom is -0.301 e. The van der Waals surface area contributed by atoms with E-state index in [1.165, 1.54) is 0 Å². The van der Waals surface area contributed by atoms with E-state index in [4.69, 9.17) is 0 Å². The van der Waals surface area contributed by atoms with Crippen LogP contribution in [0, 0.1) is 13.8 Å². The van der Waals surface area contributed by atoms with Crippen molar-refractivity contribution in [1.29, 1.82) is 0 Å². The Hall–Kier alpha value is -3.21. The van der Waals surface area contributed by atoms with Crippen molar-refractivity contribution in [3.05, 3.63) is 70.3 Å². The van der Waals surface area contributed by atoms with Gasteiger partial charge in [-0.3, -0.25) is 19.3 Å². The minimum atomic E-state index is -0.919. The number of aryl methyl sites for hydroxylation is 2. The van der Waals surface area contributed by atoms with E-state index in [0.29, 0.717) is 11.1 Å². The molecule has 2 aromatic carbocycles. The van der Waals surface area contributed by atoms with Gasteiger partial charge in [-0.1, -0.05) is 29.8 Å². The molecule has 2 aliphatic heterocycles. The fraction of sp³-hybridized carbons (Fsp3) is 0.320. The molecular formula is C25H26N2O3. The maximum Gasteiger partial charge on any atom is 0.262 e. The Morgan fingerprint density at radius 3 is 2.07 bits per heavy atom. The number of hydrogen-bond donors (Lipinski definition) is 0. The van der Waals surface area contributed by atoms with Gasteiger partial charge in [0.25, 0.3) is 17.7 Å². The largest absolute Gasteiger partial charge is 0.301 e. The highest BCUT2D eigenvalue weighted by atomic mass is 16.2. The van der Waals surface area contributed by atoms with Crippen molar-refractivity contribution in [2.45, 2.75) is 53.1 Å². The number of benzene rings is 2. The normalized spacial score (nSPS) is 18.1. The van der Waals surface area contributed by atoms with E-state index in [0.717, 1.165) is 32.9 Å². The molecule has 0 aromatic heterocycles. The topological polar surface area (TPSA) is 57.7 Å². The van der Waals surface area contributed by atoms with Crippen molar-refractivity contribution >= 4 is 29.0 Å². The predicted octanol–water partition coefficient (Wildman–Crippen LogP) is 4.52. The molecule has 2 heterocycles. The first-order valence-corrected chi connectivity index (χ1v) is 10.2. The van der Waals surface area contributed by atoms with Crippen LogP contribution in [0.2, 0.25) is 0 Å². The molecule has 5 heteroatoms. The summed E-state index contributed by atoms with van der Waals surface area (Å²) in [5, 5.41) is 0. The molecular weight excluding hydrogens is 376 g/mol. The van der Waals surface area contributed by atoms with Crippen LogP contribution in [-0.4, -0.2) is 34.2 Å². The van der Waals surface area contributed by atoms with Crippen LogP contribution in [0.15, 0.2) is 42.5 Å². The molecule has 0 unspecified atom stereocenters. The number of anilines is 1. The highest BCUT2D eigenvalue weighted by Crippen LogP contribution is 2.42. The van der Waals surface area contributed by atoms with Crippen molar-refractivity contribution in [2.24, 2.45) is 0 Å². The van der Waals surface area contributed by atoms with Crippen LogP contribution in [-0.2, 0) is 4.79 Å². The Kier molecular flexibility index (Phi) is 4.46. The molecule has 3 amide bonds. The highest BCUT2D eigenvalue weighted by Gasteiger charge is 2.45. The Morgan fingerprint density at radius 2 is 1.50 bits per heavy atom. The summed E-state index contributed by atoms with van der Waals surface area (Å²) in [5.41, 5.74) is 5.19. The minimum absolute atomic E-state index is 0.272. The van der Waals surface area contributed by atoms with Crippen LogP contribution in [0.5, 0.6) is 0 Å². The van der Waals surface area contributed by atoms with Gasteiger partial charge in [-0.2, -0.15) is 0 Å². The predicted molar refractivity (Wildman–Crippen MR) is 118 cm³/mol. The fourth-order valence-electron chi connectivity index (χ4n) is 4.77. The number of carbonyl (C=O) groups is 3. The van der Waals surface area contributed by atoms with Gasteiger partial charge in [0.1, 0.15) is 6.04 Å². The van der Waals surface area contributed by atoms with Gasteiger partial charge < -0.3 is 4.90 Å². The number of rotatable bonds is 2. The molecule has 2 aromatic rings. The second kappa shape index (κ2) is 6.66. The van der Waals surface area contributed by atoms with Gasteiger partial charge in [-0.15, -0.1) is 0 Å². The van der Waals surface area contributed by atoms with Gasteiger partial charge >= 0.3 is 0 Å². The monoisotopic (exact) mass is 402 g/mol. The number of hydrogen-bond acceptors (Lipinski definition) is 3. The van der Waals surface area contributed by atoms with Crippen LogP contribution >= 0.6 is 0 Å². The second-order valence-electron chi connectivity index (χ2n) is 8.83. The zero-order valence-electron chi connectivity index (χ0n) is 18.2. The van der Waals surface area contributed by atoms with E-state index in [2.05, 4.69) is 25.1 Å². The lowest BCUT2D eigenvalue weighted by Gasteiger charge is -2.44. The Balaban J connectivity index is 1.79. The summed E-state index contributed by atoms with van der Waals surface area (Å²) in [5.74, 6) is -1.11. The van der Waals surface area contributed by atoms with Crippen molar-refractivity contribution < 1.29 is 14.4 Å². The summed E-state index contributed by atoms with van der Waals surface area (Å²) in [6.45, 7) is 11.7. The standard InChI is InChI=1S/C25H26N2O3/c1-14-11-15(2)21-20(12-14)16(3)13-25(5,6)27(21)22(28)17(4)26-23(29)18-9-7-8-10-19(18)24(26)30/h7-13,17H,1-6H3/t17-/m1/s1. The van der Waals surface area contributed by atoms with Gasteiger partial charge in [0.05, 0.1) is 22.4 Å². The second-order valence-corrected chi connectivity index (χ2v) is 8.83. The maximum atomic E-state index is 13.8. The van der Waals surface area contributed by atoms with Gasteiger partial charge in [-0.25, -0.2) is 0 Å². The van der Waals surface area contributed by atoms with Crippen molar-refractivity contribution in [3.63, 3.8) is 0 Å². The zero-order chi connectivity index (χ0) is 22.0. The summed E-state index contributed by atoms with van der Waals surface area (Å²) in [4.78, 5) is 42.5. The number of amides is 3.